The van der Waals surface area contributed by atoms with Crippen LogP contribution in [0.4, 0.5) is 0 Å². The topological polar surface area (TPSA) is 71.8 Å². The summed E-state index contributed by atoms with van der Waals surface area (Å²) in [4.78, 5) is 24.6. The van der Waals surface area contributed by atoms with Crippen molar-refractivity contribution < 1.29 is 19.4 Å². The van der Waals surface area contributed by atoms with Crippen LogP contribution in [-0.2, 0) is 16.1 Å². The van der Waals surface area contributed by atoms with E-state index >= 15 is 0 Å². The molecule has 1 aromatic heterocycles. The third-order valence-corrected chi connectivity index (χ3v) is 3.20. The van der Waals surface area contributed by atoms with Crippen LogP contribution in [0.15, 0.2) is 18.3 Å². The minimum Gasteiger partial charge on any atom is -0.480 e. The number of carboxylic acid groups (broad SMARTS) is 1. The Kier molecular flexibility index (Phi) is 4.21. The fourth-order valence-corrected chi connectivity index (χ4v) is 2.26. The lowest BCUT2D eigenvalue weighted by Crippen LogP contribution is -2.35. The van der Waals surface area contributed by atoms with Crippen molar-refractivity contribution in [3.05, 3.63) is 24.0 Å². The smallest absolute Gasteiger partial charge is 0.323 e. The Morgan fingerprint density at radius 1 is 1.58 bits per heavy atom. The largest absolute Gasteiger partial charge is 0.480 e. The van der Waals surface area contributed by atoms with Crippen molar-refractivity contribution in [2.45, 2.75) is 25.5 Å². The first-order valence-corrected chi connectivity index (χ1v) is 6.32. The molecule has 1 atom stereocenters. The van der Waals surface area contributed by atoms with E-state index in [2.05, 4.69) is 0 Å². The molecule has 0 saturated carbocycles. The molecule has 0 aliphatic carbocycles. The molecule has 1 aliphatic rings. The van der Waals surface area contributed by atoms with E-state index < -0.39 is 5.97 Å². The first-order valence-electron chi connectivity index (χ1n) is 6.32. The molecule has 0 radical (unpaired) electrons. The van der Waals surface area contributed by atoms with Gasteiger partial charge in [-0.15, -0.1) is 0 Å². The van der Waals surface area contributed by atoms with Crippen molar-refractivity contribution in [1.29, 1.82) is 0 Å². The van der Waals surface area contributed by atoms with Crippen LogP contribution in [-0.4, -0.2) is 52.8 Å². The van der Waals surface area contributed by atoms with Gasteiger partial charge >= 0.3 is 5.97 Å². The summed E-state index contributed by atoms with van der Waals surface area (Å²) in [7, 11) is 1.71. The summed E-state index contributed by atoms with van der Waals surface area (Å²) in [6, 6.07) is 3.31. The summed E-state index contributed by atoms with van der Waals surface area (Å²) in [5.74, 6) is -1.14. The molecule has 0 bridgehead atoms. The van der Waals surface area contributed by atoms with Gasteiger partial charge in [0.1, 0.15) is 12.2 Å². The number of aromatic nitrogens is 1. The molecule has 2 rings (SSSR count). The summed E-state index contributed by atoms with van der Waals surface area (Å²) < 4.78 is 6.93. The minimum atomic E-state index is -0.966. The highest BCUT2D eigenvalue weighted by molar-refractivity contribution is 5.93. The quantitative estimate of drug-likeness (QED) is 0.856. The van der Waals surface area contributed by atoms with Gasteiger partial charge in [-0.2, -0.15) is 0 Å². The number of nitrogens with zero attached hydrogens (tertiary/aromatic N) is 2. The van der Waals surface area contributed by atoms with Crippen LogP contribution in [0.3, 0.4) is 0 Å². The van der Waals surface area contributed by atoms with Crippen molar-refractivity contribution in [3.8, 4) is 0 Å². The van der Waals surface area contributed by atoms with Crippen LogP contribution < -0.4 is 0 Å². The number of hydrogen-bond donors (Lipinski definition) is 1. The van der Waals surface area contributed by atoms with E-state index in [1.807, 2.05) is 0 Å². The average molecular weight is 266 g/mol. The first kappa shape index (κ1) is 13.6. The van der Waals surface area contributed by atoms with Gasteiger partial charge in [0.2, 0.25) is 0 Å². The van der Waals surface area contributed by atoms with Crippen molar-refractivity contribution in [2.24, 2.45) is 0 Å². The second-order valence-corrected chi connectivity index (χ2v) is 4.74. The van der Waals surface area contributed by atoms with Crippen molar-refractivity contribution >= 4 is 11.9 Å². The zero-order chi connectivity index (χ0) is 13.8. The standard InChI is InChI=1S/C13H18N2O4/c1-14(8-10-4-3-7-19-10)13(18)11-5-2-6-15(11)9-12(16)17/h2,5-6,10H,3-4,7-9H2,1H3,(H,16,17). The predicted octanol–water partition coefficient (Wildman–Crippen LogP) is 0.824. The first-order chi connectivity index (χ1) is 9.08. The summed E-state index contributed by atoms with van der Waals surface area (Å²) in [5, 5.41) is 8.79. The van der Waals surface area contributed by atoms with Crippen LogP contribution >= 0.6 is 0 Å². The highest BCUT2D eigenvalue weighted by Crippen LogP contribution is 2.14. The number of likely N-dealkylation sites (N-methyl/N-ethyl adjacent to an activating group) is 1. The number of carbonyl (C=O) groups excluding carboxylic acids is 1. The molecule has 2 heterocycles. The summed E-state index contributed by atoms with van der Waals surface area (Å²) >= 11 is 0. The van der Waals surface area contributed by atoms with Gasteiger partial charge in [0.05, 0.1) is 6.10 Å². The lowest BCUT2D eigenvalue weighted by atomic mass is 10.2. The van der Waals surface area contributed by atoms with E-state index in [1.165, 1.54) is 4.57 Å². The maximum Gasteiger partial charge on any atom is 0.323 e. The van der Waals surface area contributed by atoms with Gasteiger partial charge in [-0.3, -0.25) is 9.59 Å². The fourth-order valence-electron chi connectivity index (χ4n) is 2.26. The van der Waals surface area contributed by atoms with Gasteiger partial charge in [0.25, 0.3) is 5.91 Å². The zero-order valence-electron chi connectivity index (χ0n) is 10.9. The number of hydrogen-bond acceptors (Lipinski definition) is 3. The molecule has 104 valence electrons. The van der Waals surface area contributed by atoms with E-state index in [1.54, 1.807) is 30.3 Å². The van der Waals surface area contributed by atoms with E-state index in [9.17, 15) is 9.59 Å². The number of rotatable bonds is 5. The van der Waals surface area contributed by atoms with Crippen LogP contribution in [0.1, 0.15) is 23.3 Å². The molecule has 1 saturated heterocycles. The van der Waals surface area contributed by atoms with Gasteiger partial charge in [0.15, 0.2) is 0 Å². The van der Waals surface area contributed by atoms with Crippen LogP contribution in [0.5, 0.6) is 0 Å². The predicted molar refractivity (Wildman–Crippen MR) is 68.0 cm³/mol. The number of aliphatic carboxylic acids is 1. The fraction of sp³-hybridized carbons (Fsp3) is 0.538. The Balaban J connectivity index is 2.01. The molecule has 1 aromatic rings. The maximum atomic E-state index is 12.3. The SMILES string of the molecule is CN(CC1CCCO1)C(=O)c1cccn1CC(=O)O. The lowest BCUT2D eigenvalue weighted by Gasteiger charge is -2.21. The van der Waals surface area contributed by atoms with Crippen molar-refractivity contribution in [1.82, 2.24) is 9.47 Å². The molecule has 1 N–H and O–H groups in total. The Labute approximate surface area is 111 Å². The Hall–Kier alpha value is -1.82. The van der Waals surface area contributed by atoms with Crippen molar-refractivity contribution in [3.63, 3.8) is 0 Å². The van der Waals surface area contributed by atoms with E-state index in [4.69, 9.17) is 9.84 Å². The monoisotopic (exact) mass is 266 g/mol. The van der Waals surface area contributed by atoms with E-state index in [-0.39, 0.29) is 18.6 Å². The van der Waals surface area contributed by atoms with Crippen LogP contribution in [0, 0.1) is 0 Å². The maximum absolute atomic E-state index is 12.3. The van der Waals surface area contributed by atoms with Crippen LogP contribution in [0.2, 0.25) is 0 Å². The molecule has 1 amide bonds. The van der Waals surface area contributed by atoms with Gasteiger partial charge in [-0.05, 0) is 25.0 Å². The molecule has 1 fully saturated rings. The second kappa shape index (κ2) is 5.88. The molecule has 1 aliphatic heterocycles. The van der Waals surface area contributed by atoms with Gasteiger partial charge in [-0.25, -0.2) is 0 Å². The number of carboxylic acids is 1. The van der Waals surface area contributed by atoms with Gasteiger partial charge < -0.3 is 19.3 Å². The molecule has 0 aromatic carbocycles. The normalized spacial score (nSPS) is 18.5. The summed E-state index contributed by atoms with van der Waals surface area (Å²) in [6.45, 7) is 1.08. The number of ether oxygens (including phenoxy) is 1. The summed E-state index contributed by atoms with van der Waals surface area (Å²) in [5.41, 5.74) is 0.392. The molecule has 6 heteroatoms. The third kappa shape index (κ3) is 3.35. The minimum absolute atomic E-state index is 0.0943. The summed E-state index contributed by atoms with van der Waals surface area (Å²) in [6.07, 6.45) is 3.69. The van der Waals surface area contributed by atoms with Crippen LogP contribution in [0.25, 0.3) is 0 Å². The molecular formula is C13H18N2O4. The molecule has 1 unspecified atom stereocenters. The van der Waals surface area contributed by atoms with Crippen molar-refractivity contribution in [2.75, 3.05) is 20.2 Å². The lowest BCUT2D eigenvalue weighted by molar-refractivity contribution is -0.137. The Bertz CT molecular complexity index is 463. The highest BCUT2D eigenvalue weighted by atomic mass is 16.5. The highest BCUT2D eigenvalue weighted by Gasteiger charge is 2.22. The van der Waals surface area contributed by atoms with E-state index in [0.29, 0.717) is 12.2 Å². The zero-order valence-corrected chi connectivity index (χ0v) is 10.9. The Morgan fingerprint density at radius 3 is 3.00 bits per heavy atom. The third-order valence-electron chi connectivity index (χ3n) is 3.20. The Morgan fingerprint density at radius 2 is 2.37 bits per heavy atom. The molecular weight excluding hydrogens is 248 g/mol. The number of carbonyl (C=O) groups is 2. The van der Waals surface area contributed by atoms with Gasteiger partial charge in [-0.1, -0.05) is 0 Å². The molecule has 0 spiro atoms. The molecule has 19 heavy (non-hydrogen) atoms. The number of amides is 1. The second-order valence-electron chi connectivity index (χ2n) is 4.74. The van der Waals surface area contributed by atoms with E-state index in [0.717, 1.165) is 19.4 Å². The average Bonchev–Trinajstić information content (AvgIpc) is 2.98. The van der Waals surface area contributed by atoms with Gasteiger partial charge in [0, 0.05) is 26.4 Å². The molecule has 6 nitrogen and oxygen atoms in total.